The fourth-order valence-electron chi connectivity index (χ4n) is 3.91. The van der Waals surface area contributed by atoms with E-state index >= 15 is 0 Å². The Kier molecular flexibility index (Phi) is 6.04. The number of fused-ring (bicyclic) bond motifs is 1. The number of aromatic nitrogens is 3. The van der Waals surface area contributed by atoms with E-state index in [4.69, 9.17) is 0 Å². The van der Waals surface area contributed by atoms with Gasteiger partial charge < -0.3 is 10.2 Å². The summed E-state index contributed by atoms with van der Waals surface area (Å²) in [6.45, 7) is 2.07. The van der Waals surface area contributed by atoms with Crippen molar-refractivity contribution in [1.82, 2.24) is 14.5 Å². The number of rotatable bonds is 5. The van der Waals surface area contributed by atoms with Gasteiger partial charge in [-0.25, -0.2) is 31.6 Å². The molecule has 3 heterocycles. The zero-order valence-corrected chi connectivity index (χ0v) is 18.7. The molecule has 0 amide bonds. The van der Waals surface area contributed by atoms with E-state index in [2.05, 4.69) is 15.3 Å². The van der Waals surface area contributed by atoms with E-state index in [1.54, 1.807) is 24.9 Å². The first-order valence-corrected chi connectivity index (χ1v) is 12.0. The number of hydrogen-bond acceptors (Lipinski definition) is 7. The molecule has 0 unspecified atom stereocenters. The van der Waals surface area contributed by atoms with Gasteiger partial charge in [0.15, 0.2) is 9.84 Å². The lowest BCUT2D eigenvalue weighted by Crippen LogP contribution is -2.42. The molecule has 1 N–H and O–H groups in total. The number of alkyl halides is 2. The third-order valence-corrected chi connectivity index (χ3v) is 7.40. The Morgan fingerprint density at radius 2 is 1.79 bits per heavy atom. The summed E-state index contributed by atoms with van der Waals surface area (Å²) in [5.41, 5.74) is -0.938. The van der Waals surface area contributed by atoms with Gasteiger partial charge in [-0.15, -0.1) is 0 Å². The molecule has 0 aliphatic carbocycles. The van der Waals surface area contributed by atoms with Gasteiger partial charge in [0, 0.05) is 25.7 Å². The maximum absolute atomic E-state index is 14.6. The third kappa shape index (κ3) is 4.39. The van der Waals surface area contributed by atoms with Crippen LogP contribution in [0.25, 0.3) is 10.9 Å². The quantitative estimate of drug-likeness (QED) is 0.599. The highest BCUT2D eigenvalue weighted by Crippen LogP contribution is 2.30. The number of pyridine rings is 1. The molecule has 4 rings (SSSR count). The average molecular weight is 482 g/mol. The Morgan fingerprint density at radius 1 is 1.12 bits per heavy atom. The first kappa shape index (κ1) is 23.0. The molecule has 1 aromatic carbocycles. The Balaban J connectivity index is 1.74. The normalized spacial score (nSPS) is 16.8. The predicted octanol–water partition coefficient (Wildman–Crippen LogP) is 2.81. The van der Waals surface area contributed by atoms with Crippen LogP contribution >= 0.6 is 0 Å². The molecule has 8 nitrogen and oxygen atoms in total. The van der Waals surface area contributed by atoms with Crippen molar-refractivity contribution in [3.8, 4) is 0 Å². The molecule has 2 aromatic heterocycles. The summed E-state index contributed by atoms with van der Waals surface area (Å²) in [6.07, 6.45) is -1.76. The fraction of sp³-hybridized carbons (Fsp3) is 0.381. The van der Waals surface area contributed by atoms with Gasteiger partial charge >= 0.3 is 0 Å². The zero-order valence-electron chi connectivity index (χ0n) is 17.9. The van der Waals surface area contributed by atoms with Gasteiger partial charge in [0.25, 0.3) is 12.0 Å². The van der Waals surface area contributed by atoms with Gasteiger partial charge in [-0.3, -0.25) is 9.36 Å². The smallest absolute Gasteiger partial charge is 0.278 e. The first-order valence-electron chi connectivity index (χ1n) is 10.2. The highest BCUT2D eigenvalue weighted by molar-refractivity contribution is 7.91. The van der Waals surface area contributed by atoms with E-state index < -0.39 is 39.2 Å². The van der Waals surface area contributed by atoms with Gasteiger partial charge in [-0.05, 0) is 13.0 Å². The van der Waals surface area contributed by atoms with Crippen LogP contribution in [-0.2, 0) is 16.9 Å². The molecular formula is C21H22F3N5O3S. The Morgan fingerprint density at radius 3 is 2.45 bits per heavy atom. The second kappa shape index (κ2) is 8.65. The number of nitrogens with zero attached hydrogens (tertiary/aromatic N) is 4. The summed E-state index contributed by atoms with van der Waals surface area (Å²) in [5, 5.41) is 3.36. The molecule has 1 atom stereocenters. The van der Waals surface area contributed by atoms with E-state index in [0.717, 1.165) is 6.07 Å². The molecule has 1 aliphatic rings. The molecule has 3 aromatic rings. The summed E-state index contributed by atoms with van der Waals surface area (Å²) < 4.78 is 65.8. The third-order valence-electron chi connectivity index (χ3n) is 5.79. The van der Waals surface area contributed by atoms with Crippen LogP contribution in [0, 0.1) is 5.82 Å². The molecule has 1 saturated heterocycles. The Hall–Kier alpha value is -3.15. The van der Waals surface area contributed by atoms with Gasteiger partial charge in [0.05, 0.1) is 28.5 Å². The minimum Gasteiger partial charge on any atom is -0.363 e. The summed E-state index contributed by atoms with van der Waals surface area (Å²) in [7, 11) is -1.54. The maximum atomic E-state index is 14.6. The largest absolute Gasteiger partial charge is 0.363 e. The van der Waals surface area contributed by atoms with Gasteiger partial charge in [0.1, 0.15) is 29.3 Å². The summed E-state index contributed by atoms with van der Waals surface area (Å²) >= 11 is 0. The van der Waals surface area contributed by atoms with Crippen LogP contribution in [0.15, 0.2) is 35.4 Å². The number of benzene rings is 1. The van der Waals surface area contributed by atoms with E-state index in [0.29, 0.717) is 11.2 Å². The lowest BCUT2D eigenvalue weighted by atomic mass is 10.0. The lowest BCUT2D eigenvalue weighted by molar-refractivity contribution is 0.146. The second-order valence-corrected chi connectivity index (χ2v) is 10.2. The van der Waals surface area contributed by atoms with Crippen molar-refractivity contribution in [2.24, 2.45) is 7.05 Å². The molecule has 0 spiro atoms. The number of halogens is 3. The number of anilines is 2. The summed E-state index contributed by atoms with van der Waals surface area (Å²) in [4.78, 5) is 23.0. The Bertz CT molecular complexity index is 1360. The molecule has 0 radical (unpaired) electrons. The topological polar surface area (TPSA) is 97.2 Å². The van der Waals surface area contributed by atoms with Crippen LogP contribution in [0.5, 0.6) is 0 Å². The van der Waals surface area contributed by atoms with Crippen LogP contribution in [-0.4, -0.2) is 47.5 Å². The maximum Gasteiger partial charge on any atom is 0.278 e. The molecule has 0 bridgehead atoms. The molecule has 1 fully saturated rings. The molecule has 176 valence electrons. The molecular weight excluding hydrogens is 459 g/mol. The van der Waals surface area contributed by atoms with Crippen molar-refractivity contribution in [3.63, 3.8) is 0 Å². The van der Waals surface area contributed by atoms with Crippen LogP contribution in [0.1, 0.15) is 30.5 Å². The van der Waals surface area contributed by atoms with Gasteiger partial charge in [0.2, 0.25) is 0 Å². The van der Waals surface area contributed by atoms with Crippen LogP contribution < -0.4 is 15.8 Å². The minimum atomic E-state index is -3.11. The van der Waals surface area contributed by atoms with Gasteiger partial charge in [-0.2, -0.15) is 0 Å². The van der Waals surface area contributed by atoms with Crippen molar-refractivity contribution in [2.75, 3.05) is 34.8 Å². The molecule has 12 heteroatoms. The van der Waals surface area contributed by atoms with E-state index in [9.17, 15) is 26.4 Å². The average Bonchev–Trinajstić information content (AvgIpc) is 2.76. The van der Waals surface area contributed by atoms with Crippen molar-refractivity contribution in [2.45, 2.75) is 19.4 Å². The van der Waals surface area contributed by atoms with E-state index in [1.165, 1.54) is 23.0 Å². The molecule has 0 saturated carbocycles. The molecule has 1 aliphatic heterocycles. The fourth-order valence-corrected chi connectivity index (χ4v) is 5.11. The second-order valence-electron chi connectivity index (χ2n) is 7.91. The predicted molar refractivity (Wildman–Crippen MR) is 119 cm³/mol. The number of sulfone groups is 1. The summed E-state index contributed by atoms with van der Waals surface area (Å²) in [6, 6.07) is 4.73. The standard InChI is InChI=1S/C21H22F3N5O3S/c1-12(13-4-3-5-14(17(13)22)19(23)24)27-20-15-10-16(29-6-8-33(31,32)9-7-29)28(2)21(30)18(15)25-11-26-20/h3-5,10-12,19H,6-9H2,1-2H3,(H,25,26,27)/t12-/m1/s1. The van der Waals surface area contributed by atoms with Gasteiger partial charge in [-0.1, -0.05) is 18.2 Å². The first-order chi connectivity index (χ1) is 15.6. The number of nitrogens with one attached hydrogen (secondary N) is 1. The Labute approximate surface area is 188 Å². The highest BCUT2D eigenvalue weighted by atomic mass is 32.2. The van der Waals surface area contributed by atoms with Crippen molar-refractivity contribution >= 4 is 32.4 Å². The summed E-state index contributed by atoms with van der Waals surface area (Å²) in [5.74, 6) is -0.313. The van der Waals surface area contributed by atoms with E-state index in [1.807, 2.05) is 0 Å². The highest BCUT2D eigenvalue weighted by Gasteiger charge is 2.25. The van der Waals surface area contributed by atoms with Crippen molar-refractivity contribution in [1.29, 1.82) is 0 Å². The van der Waals surface area contributed by atoms with Crippen molar-refractivity contribution in [3.05, 3.63) is 57.9 Å². The van der Waals surface area contributed by atoms with Crippen molar-refractivity contribution < 1.29 is 21.6 Å². The van der Waals surface area contributed by atoms with Crippen LogP contribution in [0.4, 0.5) is 24.8 Å². The minimum absolute atomic E-state index is 0.0214. The SMILES string of the molecule is C[C@@H](Nc1ncnc2c(=O)n(C)c(N3CCS(=O)(=O)CC3)cc12)c1cccc(C(F)F)c1F. The zero-order chi connectivity index (χ0) is 23.9. The van der Waals surface area contributed by atoms with Crippen LogP contribution in [0.2, 0.25) is 0 Å². The molecule has 33 heavy (non-hydrogen) atoms. The number of hydrogen-bond donors (Lipinski definition) is 1. The van der Waals surface area contributed by atoms with E-state index in [-0.39, 0.29) is 41.5 Å². The van der Waals surface area contributed by atoms with Crippen LogP contribution in [0.3, 0.4) is 0 Å². The lowest BCUT2D eigenvalue weighted by Gasteiger charge is -2.30. The monoisotopic (exact) mass is 481 g/mol.